The predicted molar refractivity (Wildman–Crippen MR) is 82.1 cm³/mol. The minimum absolute atomic E-state index is 0.521. The van der Waals surface area contributed by atoms with Gasteiger partial charge in [-0.1, -0.05) is 0 Å². The van der Waals surface area contributed by atoms with Gasteiger partial charge in [-0.3, -0.25) is 0 Å². The highest BCUT2D eigenvalue weighted by atomic mass is 16.5. The summed E-state index contributed by atoms with van der Waals surface area (Å²) in [7, 11) is 3.24. The second-order valence-corrected chi connectivity index (χ2v) is 5.52. The molecule has 1 heterocycles. The molecule has 0 aliphatic heterocycles. The Hall–Kier alpha value is -2.01. The zero-order valence-electron chi connectivity index (χ0n) is 12.3. The van der Waals surface area contributed by atoms with Crippen LogP contribution in [0.2, 0.25) is 0 Å². The first-order valence-corrected chi connectivity index (χ1v) is 7.12. The van der Waals surface area contributed by atoms with Crippen LogP contribution in [0.3, 0.4) is 0 Å². The molecule has 112 valence electrons. The predicted octanol–water partition coefficient (Wildman–Crippen LogP) is 2.58. The lowest BCUT2D eigenvalue weighted by Gasteiger charge is -2.36. The summed E-state index contributed by atoms with van der Waals surface area (Å²) in [6.45, 7) is 0.521. The van der Waals surface area contributed by atoms with Gasteiger partial charge in [0, 0.05) is 18.1 Å². The van der Waals surface area contributed by atoms with E-state index in [1.54, 1.807) is 20.4 Å². The summed E-state index contributed by atoms with van der Waals surface area (Å²) in [5, 5.41) is 15.4. The van der Waals surface area contributed by atoms with E-state index in [2.05, 4.69) is 10.3 Å². The monoisotopic (exact) mass is 288 g/mol. The number of methoxy groups -OCH3 is 2. The van der Waals surface area contributed by atoms with E-state index >= 15 is 0 Å². The Morgan fingerprint density at radius 1 is 1.24 bits per heavy atom. The Bertz CT molecular complexity index is 653. The van der Waals surface area contributed by atoms with E-state index in [9.17, 15) is 5.11 Å². The minimum atomic E-state index is -0.583. The second-order valence-electron chi connectivity index (χ2n) is 5.52. The number of benzene rings is 1. The molecule has 5 heteroatoms. The number of hydrogen-bond donors (Lipinski definition) is 2. The number of ether oxygens (including phenoxy) is 2. The lowest BCUT2D eigenvalue weighted by atomic mass is 9.80. The van der Waals surface area contributed by atoms with Crippen LogP contribution in [0.15, 0.2) is 24.4 Å². The van der Waals surface area contributed by atoms with Crippen molar-refractivity contribution in [2.45, 2.75) is 24.9 Å². The fraction of sp³-hybridized carbons (Fsp3) is 0.438. The highest BCUT2D eigenvalue weighted by Gasteiger charge is 2.34. The van der Waals surface area contributed by atoms with Gasteiger partial charge in [0.05, 0.1) is 19.8 Å². The van der Waals surface area contributed by atoms with Gasteiger partial charge in [-0.15, -0.1) is 0 Å². The van der Waals surface area contributed by atoms with Crippen LogP contribution < -0.4 is 14.8 Å². The minimum Gasteiger partial charge on any atom is -0.493 e. The molecule has 0 saturated heterocycles. The van der Waals surface area contributed by atoms with Crippen molar-refractivity contribution in [3.05, 3.63) is 24.4 Å². The Morgan fingerprint density at radius 3 is 2.57 bits per heavy atom. The third kappa shape index (κ3) is 2.61. The van der Waals surface area contributed by atoms with Gasteiger partial charge in [-0.25, -0.2) is 4.98 Å². The summed E-state index contributed by atoms with van der Waals surface area (Å²) in [5.74, 6) is 2.12. The zero-order chi connectivity index (χ0) is 14.9. The number of anilines is 1. The molecule has 1 aromatic heterocycles. The highest BCUT2D eigenvalue weighted by molar-refractivity contribution is 5.94. The quantitative estimate of drug-likeness (QED) is 0.885. The van der Waals surface area contributed by atoms with E-state index in [-0.39, 0.29) is 0 Å². The van der Waals surface area contributed by atoms with Crippen LogP contribution >= 0.6 is 0 Å². The van der Waals surface area contributed by atoms with Crippen LogP contribution in [-0.2, 0) is 0 Å². The van der Waals surface area contributed by atoms with Crippen molar-refractivity contribution < 1.29 is 14.6 Å². The first-order valence-electron chi connectivity index (χ1n) is 7.12. The molecule has 3 rings (SSSR count). The lowest BCUT2D eigenvalue weighted by molar-refractivity contribution is -0.0202. The van der Waals surface area contributed by atoms with Crippen molar-refractivity contribution >= 4 is 16.6 Å². The Morgan fingerprint density at radius 2 is 1.95 bits per heavy atom. The summed E-state index contributed by atoms with van der Waals surface area (Å²) in [6.07, 6.45) is 4.54. The number of nitrogens with one attached hydrogen (secondary N) is 1. The topological polar surface area (TPSA) is 63.6 Å². The van der Waals surface area contributed by atoms with Gasteiger partial charge < -0.3 is 19.9 Å². The maximum absolute atomic E-state index is 10.2. The molecule has 2 N–H and O–H groups in total. The van der Waals surface area contributed by atoms with Crippen LogP contribution in [0.4, 0.5) is 5.82 Å². The van der Waals surface area contributed by atoms with Gasteiger partial charge in [-0.2, -0.15) is 0 Å². The fourth-order valence-electron chi connectivity index (χ4n) is 2.65. The third-order valence-corrected chi connectivity index (χ3v) is 4.14. The Balaban J connectivity index is 1.94. The summed E-state index contributed by atoms with van der Waals surface area (Å²) in [5.41, 5.74) is -0.583. The van der Waals surface area contributed by atoms with Crippen LogP contribution in [0.1, 0.15) is 19.3 Å². The van der Waals surface area contributed by atoms with Gasteiger partial charge >= 0.3 is 0 Å². The number of aliphatic hydroxyl groups is 1. The van der Waals surface area contributed by atoms with E-state index in [0.717, 1.165) is 35.9 Å². The van der Waals surface area contributed by atoms with Crippen LogP contribution in [0.5, 0.6) is 11.5 Å². The van der Waals surface area contributed by atoms with Gasteiger partial charge in [0.15, 0.2) is 11.5 Å². The molecule has 1 aromatic carbocycles. The highest BCUT2D eigenvalue weighted by Crippen LogP contribution is 2.36. The molecule has 1 aliphatic carbocycles. The number of nitrogens with zero attached hydrogens (tertiary/aromatic N) is 1. The molecule has 21 heavy (non-hydrogen) atoms. The van der Waals surface area contributed by atoms with E-state index in [1.165, 1.54) is 0 Å². The van der Waals surface area contributed by atoms with Crippen LogP contribution in [-0.4, -0.2) is 36.5 Å². The van der Waals surface area contributed by atoms with Crippen LogP contribution in [0, 0.1) is 0 Å². The van der Waals surface area contributed by atoms with E-state index in [1.807, 2.05) is 18.2 Å². The van der Waals surface area contributed by atoms with Crippen molar-refractivity contribution in [2.75, 3.05) is 26.1 Å². The van der Waals surface area contributed by atoms with Crippen molar-refractivity contribution in [3.8, 4) is 11.5 Å². The van der Waals surface area contributed by atoms with Crippen molar-refractivity contribution in [2.24, 2.45) is 0 Å². The van der Waals surface area contributed by atoms with E-state index in [0.29, 0.717) is 18.0 Å². The molecule has 1 aliphatic rings. The Labute approximate surface area is 123 Å². The SMILES string of the molecule is COc1cc2ccnc(NCC3(O)CCC3)c2cc1OC. The van der Waals surface area contributed by atoms with E-state index < -0.39 is 5.60 Å². The number of pyridine rings is 1. The fourth-order valence-corrected chi connectivity index (χ4v) is 2.65. The number of fused-ring (bicyclic) bond motifs is 1. The average molecular weight is 288 g/mol. The number of hydrogen-bond acceptors (Lipinski definition) is 5. The van der Waals surface area contributed by atoms with Crippen molar-refractivity contribution in [1.29, 1.82) is 0 Å². The first-order chi connectivity index (χ1) is 10.1. The summed E-state index contributed by atoms with van der Waals surface area (Å²) in [4.78, 5) is 4.38. The average Bonchev–Trinajstić information content (AvgIpc) is 2.49. The standard InChI is InChI=1S/C16H20N2O3/c1-20-13-8-11-4-7-17-15(12(11)9-14(13)21-2)18-10-16(19)5-3-6-16/h4,7-9,19H,3,5-6,10H2,1-2H3,(H,17,18). The molecule has 0 amide bonds. The maximum atomic E-state index is 10.2. The van der Waals surface area contributed by atoms with Crippen molar-refractivity contribution in [3.63, 3.8) is 0 Å². The summed E-state index contributed by atoms with van der Waals surface area (Å²) < 4.78 is 10.7. The molecule has 0 spiro atoms. The molecular weight excluding hydrogens is 268 g/mol. The van der Waals surface area contributed by atoms with Gasteiger partial charge in [0.25, 0.3) is 0 Å². The molecule has 5 nitrogen and oxygen atoms in total. The number of aromatic nitrogens is 1. The van der Waals surface area contributed by atoms with Crippen molar-refractivity contribution in [1.82, 2.24) is 4.98 Å². The normalized spacial score (nSPS) is 16.3. The van der Waals surface area contributed by atoms with Gasteiger partial charge in [-0.05, 0) is 42.8 Å². The molecule has 0 radical (unpaired) electrons. The van der Waals surface area contributed by atoms with Gasteiger partial charge in [0.1, 0.15) is 5.82 Å². The molecule has 1 fully saturated rings. The number of rotatable bonds is 5. The zero-order valence-corrected chi connectivity index (χ0v) is 12.3. The second kappa shape index (κ2) is 5.41. The smallest absolute Gasteiger partial charge is 0.161 e. The lowest BCUT2D eigenvalue weighted by Crippen LogP contribution is -2.43. The van der Waals surface area contributed by atoms with Crippen LogP contribution in [0.25, 0.3) is 10.8 Å². The molecule has 0 atom stereocenters. The molecule has 0 unspecified atom stereocenters. The maximum Gasteiger partial charge on any atom is 0.161 e. The molecule has 0 bridgehead atoms. The molecular formula is C16H20N2O3. The Kier molecular flexibility index (Phi) is 3.59. The summed E-state index contributed by atoms with van der Waals surface area (Å²) >= 11 is 0. The van der Waals surface area contributed by atoms with Gasteiger partial charge in [0.2, 0.25) is 0 Å². The van der Waals surface area contributed by atoms with E-state index in [4.69, 9.17) is 9.47 Å². The third-order valence-electron chi connectivity index (χ3n) is 4.14. The molecule has 2 aromatic rings. The molecule has 1 saturated carbocycles. The largest absolute Gasteiger partial charge is 0.493 e. The first kappa shape index (κ1) is 13.9. The summed E-state index contributed by atoms with van der Waals surface area (Å²) in [6, 6.07) is 5.77.